The van der Waals surface area contributed by atoms with Crippen molar-refractivity contribution in [3.8, 4) is 17.2 Å². The maximum Gasteiger partial charge on any atom is 0.163 e. The molecule has 1 fully saturated rings. The highest BCUT2D eigenvalue weighted by Crippen LogP contribution is 2.50. The molecule has 0 spiro atoms. The van der Waals surface area contributed by atoms with E-state index in [0.717, 1.165) is 37.3 Å². The van der Waals surface area contributed by atoms with Crippen molar-refractivity contribution >= 4 is 0 Å². The van der Waals surface area contributed by atoms with Crippen LogP contribution in [0, 0.1) is 0 Å². The van der Waals surface area contributed by atoms with Crippen molar-refractivity contribution in [2.45, 2.75) is 37.5 Å². The molecule has 0 saturated carbocycles. The van der Waals surface area contributed by atoms with Crippen LogP contribution in [-0.2, 0) is 6.42 Å². The Morgan fingerprint density at radius 1 is 0.909 bits per heavy atom. The molecule has 1 N–H and O–H groups in total. The van der Waals surface area contributed by atoms with E-state index in [0.29, 0.717) is 11.7 Å². The second-order valence-corrected chi connectivity index (χ2v) is 9.19. The number of methoxy groups -OCH3 is 1. The van der Waals surface area contributed by atoms with E-state index >= 15 is 0 Å². The van der Waals surface area contributed by atoms with Crippen molar-refractivity contribution in [3.63, 3.8) is 0 Å². The highest BCUT2D eigenvalue weighted by molar-refractivity contribution is 5.56. The van der Waals surface area contributed by atoms with Crippen molar-refractivity contribution in [1.29, 1.82) is 0 Å². The monoisotopic (exact) mass is 443 g/mol. The number of aromatic hydroxyl groups is 1. The van der Waals surface area contributed by atoms with Gasteiger partial charge in [0.1, 0.15) is 12.4 Å². The normalized spacial score (nSPS) is 20.4. The Labute approximate surface area is 196 Å². The zero-order chi connectivity index (χ0) is 22.6. The Morgan fingerprint density at radius 3 is 2.39 bits per heavy atom. The Hall–Kier alpha value is -2.98. The van der Waals surface area contributed by atoms with Crippen LogP contribution in [0.3, 0.4) is 0 Å². The molecule has 33 heavy (non-hydrogen) atoms. The zero-order valence-electron chi connectivity index (χ0n) is 19.4. The molecule has 5 rings (SSSR count). The van der Waals surface area contributed by atoms with Gasteiger partial charge in [0.2, 0.25) is 0 Å². The van der Waals surface area contributed by atoms with Crippen molar-refractivity contribution in [3.05, 3.63) is 89.0 Å². The molecule has 2 aliphatic rings. The van der Waals surface area contributed by atoms with Gasteiger partial charge in [-0.25, -0.2) is 0 Å². The van der Waals surface area contributed by atoms with Crippen molar-refractivity contribution in [2.75, 3.05) is 33.4 Å². The first kappa shape index (κ1) is 21.8. The van der Waals surface area contributed by atoms with Crippen LogP contribution >= 0.6 is 0 Å². The Kier molecular flexibility index (Phi) is 6.54. The average molecular weight is 444 g/mol. The number of ether oxygens (including phenoxy) is 2. The molecule has 0 unspecified atom stereocenters. The smallest absolute Gasteiger partial charge is 0.163 e. The Morgan fingerprint density at radius 2 is 1.67 bits per heavy atom. The molecule has 0 amide bonds. The first-order valence-corrected chi connectivity index (χ1v) is 12.1. The summed E-state index contributed by atoms with van der Waals surface area (Å²) in [5.74, 6) is 2.33. The van der Waals surface area contributed by atoms with Crippen molar-refractivity contribution in [1.82, 2.24) is 4.90 Å². The second-order valence-electron chi connectivity index (χ2n) is 9.19. The van der Waals surface area contributed by atoms with Gasteiger partial charge in [-0.2, -0.15) is 0 Å². The lowest BCUT2D eigenvalue weighted by molar-refractivity contribution is 0.237. The summed E-state index contributed by atoms with van der Waals surface area (Å²) in [5.41, 5.74) is 4.99. The van der Waals surface area contributed by atoms with Crippen LogP contribution in [0.1, 0.15) is 53.4 Å². The van der Waals surface area contributed by atoms with Crippen molar-refractivity contribution < 1.29 is 14.6 Å². The van der Waals surface area contributed by atoms with E-state index in [1.807, 2.05) is 0 Å². The fourth-order valence-corrected chi connectivity index (χ4v) is 5.63. The topological polar surface area (TPSA) is 41.9 Å². The van der Waals surface area contributed by atoms with Gasteiger partial charge in [0.25, 0.3) is 0 Å². The summed E-state index contributed by atoms with van der Waals surface area (Å²) in [5, 5.41) is 10.4. The van der Waals surface area contributed by atoms with E-state index < -0.39 is 0 Å². The summed E-state index contributed by atoms with van der Waals surface area (Å²) < 4.78 is 11.6. The number of likely N-dealkylation sites (tertiary alicyclic amines) is 1. The SMILES string of the molecule is COc1c(O)ccc2c1CC[C@H](c1ccccc1)[C@@H]2c1ccc(OCCN2CCCC2)cc1. The first-order valence-electron chi connectivity index (χ1n) is 12.1. The van der Waals surface area contributed by atoms with E-state index in [2.05, 4.69) is 65.6 Å². The lowest BCUT2D eigenvalue weighted by atomic mass is 9.69. The molecule has 0 bridgehead atoms. The fraction of sp³-hybridized carbons (Fsp3) is 0.379. The summed E-state index contributed by atoms with van der Waals surface area (Å²) in [6, 6.07) is 23.3. The summed E-state index contributed by atoms with van der Waals surface area (Å²) in [7, 11) is 1.64. The van der Waals surface area contributed by atoms with Gasteiger partial charge in [0.15, 0.2) is 11.5 Å². The molecule has 1 saturated heterocycles. The van der Waals surface area contributed by atoms with Gasteiger partial charge >= 0.3 is 0 Å². The van der Waals surface area contributed by atoms with Gasteiger partial charge in [-0.3, -0.25) is 4.90 Å². The van der Waals surface area contributed by atoms with Crippen LogP contribution in [0.15, 0.2) is 66.7 Å². The van der Waals surface area contributed by atoms with Gasteiger partial charge < -0.3 is 14.6 Å². The van der Waals surface area contributed by atoms with Crippen LogP contribution in [0.2, 0.25) is 0 Å². The summed E-state index contributed by atoms with van der Waals surface area (Å²) in [4.78, 5) is 2.47. The van der Waals surface area contributed by atoms with Gasteiger partial charge in [-0.1, -0.05) is 48.5 Å². The number of benzene rings is 3. The van der Waals surface area contributed by atoms with Crippen LogP contribution in [-0.4, -0.2) is 43.4 Å². The molecule has 2 atom stereocenters. The van der Waals surface area contributed by atoms with Gasteiger partial charge in [0, 0.05) is 18.0 Å². The third-order valence-corrected chi connectivity index (χ3v) is 7.26. The molecule has 4 nitrogen and oxygen atoms in total. The minimum Gasteiger partial charge on any atom is -0.504 e. The summed E-state index contributed by atoms with van der Waals surface area (Å²) in [6.07, 6.45) is 4.52. The lowest BCUT2D eigenvalue weighted by Gasteiger charge is -2.35. The van der Waals surface area contributed by atoms with Crippen LogP contribution in [0.5, 0.6) is 17.2 Å². The standard InChI is InChI=1S/C29H33NO3/c1-32-29-26-14-13-24(21-7-3-2-4-8-21)28(25(26)15-16-27(29)31)22-9-11-23(12-10-22)33-20-19-30-17-5-6-18-30/h2-4,7-12,15-16,24,28,31H,5-6,13-14,17-20H2,1H3/t24-,28+/m1/s1. The van der Waals surface area contributed by atoms with E-state index in [4.69, 9.17) is 9.47 Å². The minimum atomic E-state index is 0.198. The Bertz CT molecular complexity index is 1060. The molecule has 1 aliphatic heterocycles. The molecule has 0 radical (unpaired) electrons. The first-order chi connectivity index (χ1) is 16.2. The largest absolute Gasteiger partial charge is 0.504 e. The molecule has 3 aromatic rings. The quantitative estimate of drug-likeness (QED) is 0.506. The highest BCUT2D eigenvalue weighted by atomic mass is 16.5. The molecule has 1 heterocycles. The number of hydrogen-bond donors (Lipinski definition) is 1. The number of phenols is 1. The number of phenolic OH excluding ortho intramolecular Hbond substituents is 1. The fourth-order valence-electron chi connectivity index (χ4n) is 5.63. The average Bonchev–Trinajstić information content (AvgIpc) is 3.38. The van der Waals surface area contributed by atoms with Crippen molar-refractivity contribution in [2.24, 2.45) is 0 Å². The molecule has 4 heteroatoms. The van der Waals surface area contributed by atoms with E-state index in [9.17, 15) is 5.11 Å². The van der Waals surface area contributed by atoms with E-state index in [1.165, 1.54) is 42.6 Å². The number of hydrogen-bond acceptors (Lipinski definition) is 4. The van der Waals surface area contributed by atoms with Gasteiger partial charge in [0.05, 0.1) is 7.11 Å². The lowest BCUT2D eigenvalue weighted by Crippen LogP contribution is -2.25. The third kappa shape index (κ3) is 4.58. The second kappa shape index (κ2) is 9.88. The number of nitrogens with zero attached hydrogens (tertiary/aromatic N) is 1. The van der Waals surface area contributed by atoms with Crippen LogP contribution in [0.4, 0.5) is 0 Å². The number of rotatable bonds is 7. The van der Waals surface area contributed by atoms with E-state index in [-0.39, 0.29) is 11.7 Å². The molecular formula is C29H33NO3. The molecule has 3 aromatic carbocycles. The zero-order valence-corrected chi connectivity index (χ0v) is 19.4. The van der Waals surface area contributed by atoms with E-state index in [1.54, 1.807) is 13.2 Å². The third-order valence-electron chi connectivity index (χ3n) is 7.26. The summed E-state index contributed by atoms with van der Waals surface area (Å²) >= 11 is 0. The number of fused-ring (bicyclic) bond motifs is 1. The molecule has 172 valence electrons. The predicted molar refractivity (Wildman–Crippen MR) is 132 cm³/mol. The maximum atomic E-state index is 10.4. The van der Waals surface area contributed by atoms with Gasteiger partial charge in [-0.15, -0.1) is 0 Å². The van der Waals surface area contributed by atoms with Gasteiger partial charge in [-0.05, 0) is 79.6 Å². The highest BCUT2D eigenvalue weighted by Gasteiger charge is 2.34. The molecule has 0 aromatic heterocycles. The van der Waals surface area contributed by atoms with Crippen LogP contribution < -0.4 is 9.47 Å². The van der Waals surface area contributed by atoms with Crippen LogP contribution in [0.25, 0.3) is 0 Å². The predicted octanol–water partition coefficient (Wildman–Crippen LogP) is 5.74. The molecule has 1 aliphatic carbocycles. The Balaban J connectivity index is 1.43. The molecular weight excluding hydrogens is 410 g/mol. The summed E-state index contributed by atoms with van der Waals surface area (Å²) in [6.45, 7) is 4.12. The maximum absolute atomic E-state index is 10.4. The minimum absolute atomic E-state index is 0.198.